The van der Waals surface area contributed by atoms with Gasteiger partial charge in [0.2, 0.25) is 0 Å². The maximum absolute atomic E-state index is 12.7. The zero-order valence-corrected chi connectivity index (χ0v) is 18.0. The molecule has 0 saturated heterocycles. The van der Waals surface area contributed by atoms with Crippen molar-refractivity contribution in [3.63, 3.8) is 0 Å². The summed E-state index contributed by atoms with van der Waals surface area (Å²) in [7, 11) is 0. The van der Waals surface area contributed by atoms with Gasteiger partial charge in [0, 0.05) is 24.1 Å². The van der Waals surface area contributed by atoms with E-state index in [9.17, 15) is 14.4 Å². The van der Waals surface area contributed by atoms with Crippen molar-refractivity contribution in [2.75, 3.05) is 11.9 Å². The molecule has 1 heterocycles. The van der Waals surface area contributed by atoms with Crippen LogP contribution in [-0.2, 0) is 11.3 Å². The van der Waals surface area contributed by atoms with Gasteiger partial charge in [-0.1, -0.05) is 42.0 Å². The van der Waals surface area contributed by atoms with Crippen LogP contribution in [0.3, 0.4) is 0 Å². The number of benzene rings is 3. The van der Waals surface area contributed by atoms with Crippen LogP contribution in [0, 0.1) is 6.92 Å². The highest BCUT2D eigenvalue weighted by Crippen LogP contribution is 2.20. The van der Waals surface area contributed by atoms with Crippen LogP contribution in [-0.4, -0.2) is 18.4 Å². The first kappa shape index (κ1) is 21.8. The fourth-order valence-corrected chi connectivity index (χ4v) is 3.24. The lowest BCUT2D eigenvalue weighted by atomic mass is 10.1. The molecule has 3 aromatic carbocycles. The molecule has 0 saturated carbocycles. The van der Waals surface area contributed by atoms with E-state index in [1.807, 2.05) is 31.2 Å². The van der Waals surface area contributed by atoms with Crippen LogP contribution in [0.5, 0.6) is 5.75 Å². The molecule has 2 N–H and O–H groups in total. The molecule has 4 rings (SSSR count). The van der Waals surface area contributed by atoms with E-state index in [-0.39, 0.29) is 12.5 Å². The quantitative estimate of drug-likeness (QED) is 0.421. The van der Waals surface area contributed by atoms with Crippen molar-refractivity contribution < 1.29 is 18.7 Å². The Labute approximate surface area is 190 Å². The van der Waals surface area contributed by atoms with Crippen molar-refractivity contribution in [1.29, 1.82) is 0 Å². The van der Waals surface area contributed by atoms with Gasteiger partial charge in [0.05, 0.1) is 11.3 Å². The summed E-state index contributed by atoms with van der Waals surface area (Å²) in [6, 6.07) is 22.6. The van der Waals surface area contributed by atoms with Gasteiger partial charge in [-0.25, -0.2) is 4.79 Å². The average Bonchev–Trinajstić information content (AvgIpc) is 2.82. The molecule has 0 aliphatic rings. The summed E-state index contributed by atoms with van der Waals surface area (Å²) < 4.78 is 10.7. The van der Waals surface area contributed by atoms with Crippen molar-refractivity contribution in [3.05, 3.63) is 106 Å². The summed E-state index contributed by atoms with van der Waals surface area (Å²) >= 11 is 0. The SMILES string of the molecule is Cc1ccc(CNC(=O)c2ccccc2NC(=O)COc2ccc3ccc(=O)oc3c2)cc1. The second-order valence-electron chi connectivity index (χ2n) is 7.50. The largest absolute Gasteiger partial charge is 0.484 e. The number of hydrogen-bond donors (Lipinski definition) is 2. The predicted molar refractivity (Wildman–Crippen MR) is 125 cm³/mol. The molecule has 0 fully saturated rings. The van der Waals surface area contributed by atoms with Gasteiger partial charge in [0.15, 0.2) is 6.61 Å². The van der Waals surface area contributed by atoms with Gasteiger partial charge in [-0.05, 0) is 42.8 Å². The molecule has 1 aromatic heterocycles. The van der Waals surface area contributed by atoms with Crippen molar-refractivity contribution >= 4 is 28.5 Å². The van der Waals surface area contributed by atoms with E-state index in [1.54, 1.807) is 48.5 Å². The number of ether oxygens (including phenoxy) is 1. The molecule has 0 radical (unpaired) electrons. The first-order valence-electron chi connectivity index (χ1n) is 10.4. The fraction of sp³-hybridized carbons (Fsp3) is 0.115. The summed E-state index contributed by atoms with van der Waals surface area (Å²) in [6.07, 6.45) is 0. The van der Waals surface area contributed by atoms with Crippen LogP contribution in [0.25, 0.3) is 11.0 Å². The standard InChI is InChI=1S/C26H22N2O5/c1-17-6-8-18(9-7-17)15-27-26(31)21-4-2-3-5-22(21)28-24(29)16-32-20-12-10-19-11-13-25(30)33-23(19)14-20/h2-14H,15-16H2,1H3,(H,27,31)(H,28,29). The Bertz CT molecular complexity index is 1360. The number of hydrogen-bond acceptors (Lipinski definition) is 5. The van der Waals surface area contributed by atoms with E-state index >= 15 is 0 Å². The Balaban J connectivity index is 1.37. The van der Waals surface area contributed by atoms with Crippen LogP contribution < -0.4 is 21.0 Å². The van der Waals surface area contributed by atoms with Gasteiger partial charge in [-0.2, -0.15) is 0 Å². The molecule has 0 aliphatic carbocycles. The maximum atomic E-state index is 12.7. The molecule has 7 nitrogen and oxygen atoms in total. The van der Waals surface area contributed by atoms with Crippen molar-refractivity contribution in [3.8, 4) is 5.75 Å². The second-order valence-corrected chi connectivity index (χ2v) is 7.50. The topological polar surface area (TPSA) is 97.6 Å². The summed E-state index contributed by atoms with van der Waals surface area (Å²) in [5.74, 6) is -0.337. The highest BCUT2D eigenvalue weighted by atomic mass is 16.5. The zero-order valence-electron chi connectivity index (χ0n) is 18.0. The Morgan fingerprint density at radius 3 is 2.52 bits per heavy atom. The first-order valence-corrected chi connectivity index (χ1v) is 10.4. The van der Waals surface area contributed by atoms with Crippen molar-refractivity contribution in [1.82, 2.24) is 5.32 Å². The molecule has 4 aromatic rings. The van der Waals surface area contributed by atoms with Crippen LogP contribution in [0.15, 0.2) is 88.1 Å². The van der Waals surface area contributed by atoms with E-state index in [1.165, 1.54) is 6.07 Å². The van der Waals surface area contributed by atoms with E-state index in [4.69, 9.17) is 9.15 Å². The number of fused-ring (bicyclic) bond motifs is 1. The zero-order chi connectivity index (χ0) is 23.2. The fourth-order valence-electron chi connectivity index (χ4n) is 3.24. The van der Waals surface area contributed by atoms with Gasteiger partial charge >= 0.3 is 5.63 Å². The molecule has 0 bridgehead atoms. The number of nitrogens with one attached hydrogen (secondary N) is 2. The van der Waals surface area contributed by atoms with Crippen LogP contribution in [0.2, 0.25) is 0 Å². The van der Waals surface area contributed by atoms with Crippen molar-refractivity contribution in [2.24, 2.45) is 0 Å². The highest BCUT2D eigenvalue weighted by Gasteiger charge is 2.13. The number of carbonyl (C=O) groups excluding carboxylic acids is 2. The predicted octanol–water partition coefficient (Wildman–Crippen LogP) is 4.05. The van der Waals surface area contributed by atoms with Gasteiger partial charge in [-0.3, -0.25) is 9.59 Å². The lowest BCUT2D eigenvalue weighted by Crippen LogP contribution is -2.26. The summed E-state index contributed by atoms with van der Waals surface area (Å²) in [5.41, 5.74) is 2.77. The number of carbonyl (C=O) groups is 2. The molecule has 0 atom stereocenters. The smallest absolute Gasteiger partial charge is 0.336 e. The third-order valence-electron chi connectivity index (χ3n) is 4.98. The number of aryl methyl sites for hydroxylation is 1. The third-order valence-corrected chi connectivity index (χ3v) is 4.98. The van der Waals surface area contributed by atoms with Gasteiger partial charge < -0.3 is 19.8 Å². The minimum Gasteiger partial charge on any atom is -0.484 e. The maximum Gasteiger partial charge on any atom is 0.336 e. The van der Waals surface area contributed by atoms with E-state index in [0.29, 0.717) is 29.1 Å². The first-order chi connectivity index (χ1) is 16.0. The molecule has 0 unspecified atom stereocenters. The number of rotatable bonds is 7. The van der Waals surface area contributed by atoms with Crippen molar-refractivity contribution in [2.45, 2.75) is 13.5 Å². The van der Waals surface area contributed by atoms with Gasteiger partial charge in [0.25, 0.3) is 11.8 Å². The number of anilines is 1. The van der Waals surface area contributed by atoms with Crippen LogP contribution >= 0.6 is 0 Å². The van der Waals surface area contributed by atoms with Crippen LogP contribution in [0.4, 0.5) is 5.69 Å². The molecule has 0 spiro atoms. The summed E-state index contributed by atoms with van der Waals surface area (Å²) in [5, 5.41) is 6.33. The molecule has 2 amide bonds. The second kappa shape index (κ2) is 9.82. The number of para-hydroxylation sites is 1. The van der Waals surface area contributed by atoms with Gasteiger partial charge in [-0.15, -0.1) is 0 Å². The lowest BCUT2D eigenvalue weighted by molar-refractivity contribution is -0.118. The summed E-state index contributed by atoms with van der Waals surface area (Å²) in [4.78, 5) is 36.5. The Kier molecular flexibility index (Phi) is 6.50. The monoisotopic (exact) mass is 442 g/mol. The molecule has 0 aliphatic heterocycles. The Morgan fingerprint density at radius 2 is 1.70 bits per heavy atom. The van der Waals surface area contributed by atoms with Crippen LogP contribution in [0.1, 0.15) is 21.5 Å². The third kappa shape index (κ3) is 5.65. The number of amides is 2. The minimum absolute atomic E-state index is 0.276. The van der Waals surface area contributed by atoms with E-state index in [2.05, 4.69) is 10.6 Å². The van der Waals surface area contributed by atoms with E-state index < -0.39 is 11.5 Å². The van der Waals surface area contributed by atoms with E-state index in [0.717, 1.165) is 16.5 Å². The normalized spacial score (nSPS) is 10.6. The highest BCUT2D eigenvalue weighted by molar-refractivity contribution is 6.04. The lowest BCUT2D eigenvalue weighted by Gasteiger charge is -2.12. The minimum atomic E-state index is -0.463. The summed E-state index contributed by atoms with van der Waals surface area (Å²) in [6.45, 7) is 2.10. The molecule has 166 valence electrons. The Hall–Kier alpha value is -4.39. The molecular formula is C26H22N2O5. The Morgan fingerprint density at radius 1 is 0.939 bits per heavy atom. The molecule has 7 heteroatoms. The molecule has 33 heavy (non-hydrogen) atoms. The average molecular weight is 442 g/mol. The molecular weight excluding hydrogens is 420 g/mol. The van der Waals surface area contributed by atoms with Gasteiger partial charge in [0.1, 0.15) is 11.3 Å².